The fraction of sp³-hybridized carbons (Fsp3) is 0.308. The molecule has 0 spiro atoms. The van der Waals surface area contributed by atoms with E-state index in [4.69, 9.17) is 4.74 Å². The molecule has 29 heavy (non-hydrogen) atoms. The molecule has 1 aliphatic heterocycles. The fourth-order valence-electron chi connectivity index (χ4n) is 4.48. The van der Waals surface area contributed by atoms with Crippen LogP contribution in [0.15, 0.2) is 91.0 Å². The summed E-state index contributed by atoms with van der Waals surface area (Å²) in [6.07, 6.45) is 1.21. The molecule has 0 unspecified atom stereocenters. The molecular formula is C26H30N2O. The molecule has 0 bridgehead atoms. The Morgan fingerprint density at radius 1 is 0.828 bits per heavy atom. The first-order valence-electron chi connectivity index (χ1n) is 10.6. The molecule has 0 amide bonds. The van der Waals surface area contributed by atoms with E-state index in [0.29, 0.717) is 0 Å². The van der Waals surface area contributed by atoms with Crippen LogP contribution in [0.3, 0.4) is 0 Å². The molecule has 1 aliphatic rings. The molecule has 1 heterocycles. The van der Waals surface area contributed by atoms with Crippen molar-refractivity contribution in [2.45, 2.75) is 31.0 Å². The van der Waals surface area contributed by atoms with E-state index in [9.17, 15) is 0 Å². The van der Waals surface area contributed by atoms with Crippen molar-refractivity contribution in [2.24, 2.45) is 0 Å². The van der Waals surface area contributed by atoms with Crippen molar-refractivity contribution in [3.63, 3.8) is 0 Å². The Bertz CT molecular complexity index is 768. The molecule has 3 heteroatoms. The zero-order valence-electron chi connectivity index (χ0n) is 17.1. The molecule has 2 N–H and O–H groups in total. The zero-order chi connectivity index (χ0) is 19.9. The normalized spacial score (nSPS) is 19.8. The predicted octanol–water partition coefficient (Wildman–Crippen LogP) is 4.34. The quantitative estimate of drug-likeness (QED) is 0.593. The number of piperidine rings is 1. The number of ether oxygens (including phenoxy) is 1. The second kappa shape index (κ2) is 9.36. The molecular weight excluding hydrogens is 356 g/mol. The summed E-state index contributed by atoms with van der Waals surface area (Å²) in [5.74, 6) is 0. The maximum absolute atomic E-state index is 6.15. The summed E-state index contributed by atoms with van der Waals surface area (Å²) in [5.41, 5.74) is 3.25. The molecule has 0 radical (unpaired) electrons. The van der Waals surface area contributed by atoms with Crippen molar-refractivity contribution >= 4 is 0 Å². The zero-order valence-corrected chi connectivity index (χ0v) is 17.1. The van der Waals surface area contributed by atoms with Gasteiger partial charge in [0.15, 0.2) is 0 Å². The summed E-state index contributed by atoms with van der Waals surface area (Å²) in [6, 6.07) is 32.5. The van der Waals surface area contributed by atoms with E-state index >= 15 is 0 Å². The van der Waals surface area contributed by atoms with Crippen LogP contribution in [0.1, 0.15) is 30.0 Å². The largest absolute Gasteiger partial charge is 0.377 e. The summed E-state index contributed by atoms with van der Waals surface area (Å²) in [4.78, 5) is 0. The topological polar surface area (TPSA) is 33.3 Å². The van der Waals surface area contributed by atoms with Gasteiger partial charge < -0.3 is 10.1 Å². The van der Waals surface area contributed by atoms with Crippen LogP contribution in [0.4, 0.5) is 0 Å². The maximum Gasteiger partial charge on any atom is 0.0951 e. The number of benzene rings is 3. The van der Waals surface area contributed by atoms with Crippen LogP contribution in [0.2, 0.25) is 0 Å². The molecule has 1 fully saturated rings. The molecule has 0 saturated carbocycles. The molecule has 3 nitrogen and oxygen atoms in total. The number of rotatable bonds is 7. The fourth-order valence-corrected chi connectivity index (χ4v) is 4.48. The van der Waals surface area contributed by atoms with Crippen molar-refractivity contribution in [2.75, 3.05) is 19.7 Å². The monoisotopic (exact) mass is 386 g/mol. The summed E-state index contributed by atoms with van der Waals surface area (Å²) in [5, 5.41) is 7.62. The SMILES string of the molecule is CCO[C@@H]1CCNC[C@@H]1NC(c1ccccc1)(c1ccccc1)c1ccccc1. The maximum atomic E-state index is 6.15. The third kappa shape index (κ3) is 4.13. The highest BCUT2D eigenvalue weighted by Crippen LogP contribution is 2.37. The van der Waals surface area contributed by atoms with Crippen LogP contribution < -0.4 is 10.6 Å². The van der Waals surface area contributed by atoms with Crippen molar-refractivity contribution in [1.29, 1.82) is 0 Å². The number of nitrogens with one attached hydrogen (secondary N) is 2. The lowest BCUT2D eigenvalue weighted by Crippen LogP contribution is -2.60. The van der Waals surface area contributed by atoms with Crippen molar-refractivity contribution < 1.29 is 4.74 Å². The van der Waals surface area contributed by atoms with Gasteiger partial charge in [-0.1, -0.05) is 91.0 Å². The Kier molecular flexibility index (Phi) is 6.40. The molecule has 3 aromatic rings. The first kappa shape index (κ1) is 19.8. The Labute approximate surface area is 174 Å². The van der Waals surface area contributed by atoms with Crippen LogP contribution in [0, 0.1) is 0 Å². The third-order valence-electron chi connectivity index (χ3n) is 5.82. The lowest BCUT2D eigenvalue weighted by Gasteiger charge is -2.43. The molecule has 4 rings (SSSR count). The van der Waals surface area contributed by atoms with Crippen molar-refractivity contribution in [3.8, 4) is 0 Å². The lowest BCUT2D eigenvalue weighted by molar-refractivity contribution is 0.0123. The average Bonchev–Trinajstić information content (AvgIpc) is 2.80. The predicted molar refractivity (Wildman–Crippen MR) is 119 cm³/mol. The van der Waals surface area contributed by atoms with Crippen LogP contribution in [0.25, 0.3) is 0 Å². The minimum Gasteiger partial charge on any atom is -0.377 e. The van der Waals surface area contributed by atoms with E-state index in [-0.39, 0.29) is 12.1 Å². The van der Waals surface area contributed by atoms with Gasteiger partial charge in [0.1, 0.15) is 0 Å². The Morgan fingerprint density at radius 2 is 1.31 bits per heavy atom. The Hall–Kier alpha value is -2.46. The van der Waals surface area contributed by atoms with Crippen LogP contribution in [-0.4, -0.2) is 31.8 Å². The van der Waals surface area contributed by atoms with E-state index in [1.54, 1.807) is 0 Å². The second-order valence-electron chi connectivity index (χ2n) is 7.59. The summed E-state index contributed by atoms with van der Waals surface area (Å²) >= 11 is 0. The van der Waals surface area contributed by atoms with E-state index in [1.165, 1.54) is 16.7 Å². The van der Waals surface area contributed by atoms with E-state index in [0.717, 1.165) is 26.1 Å². The van der Waals surface area contributed by atoms with Gasteiger partial charge in [-0.05, 0) is 36.6 Å². The van der Waals surface area contributed by atoms with Gasteiger partial charge in [-0.25, -0.2) is 0 Å². The lowest BCUT2D eigenvalue weighted by atomic mass is 9.76. The van der Waals surface area contributed by atoms with Crippen LogP contribution in [0.5, 0.6) is 0 Å². The highest BCUT2D eigenvalue weighted by molar-refractivity contribution is 5.49. The van der Waals surface area contributed by atoms with E-state index < -0.39 is 5.54 Å². The van der Waals surface area contributed by atoms with Gasteiger partial charge in [-0.15, -0.1) is 0 Å². The van der Waals surface area contributed by atoms with Crippen LogP contribution in [-0.2, 0) is 10.3 Å². The van der Waals surface area contributed by atoms with Gasteiger partial charge in [0.25, 0.3) is 0 Å². The molecule has 1 saturated heterocycles. The minimum atomic E-state index is -0.456. The van der Waals surface area contributed by atoms with Gasteiger partial charge in [0.2, 0.25) is 0 Å². The van der Waals surface area contributed by atoms with Gasteiger partial charge in [0, 0.05) is 19.2 Å². The van der Waals surface area contributed by atoms with Crippen LogP contribution >= 0.6 is 0 Å². The van der Waals surface area contributed by atoms with Crippen molar-refractivity contribution in [3.05, 3.63) is 108 Å². The summed E-state index contributed by atoms with van der Waals surface area (Å²) < 4.78 is 6.15. The van der Waals surface area contributed by atoms with Gasteiger partial charge in [-0.3, -0.25) is 5.32 Å². The van der Waals surface area contributed by atoms with E-state index in [2.05, 4.69) is 109 Å². The highest BCUT2D eigenvalue weighted by atomic mass is 16.5. The third-order valence-corrected chi connectivity index (χ3v) is 5.82. The first-order chi connectivity index (χ1) is 14.3. The van der Waals surface area contributed by atoms with Crippen molar-refractivity contribution in [1.82, 2.24) is 10.6 Å². The van der Waals surface area contributed by atoms with Gasteiger partial charge in [-0.2, -0.15) is 0 Å². The average molecular weight is 387 g/mol. The van der Waals surface area contributed by atoms with Gasteiger partial charge >= 0.3 is 0 Å². The molecule has 150 valence electrons. The van der Waals surface area contributed by atoms with Gasteiger partial charge in [0.05, 0.1) is 11.6 Å². The summed E-state index contributed by atoms with van der Waals surface area (Å²) in [6.45, 7) is 4.70. The Balaban J connectivity index is 1.88. The first-order valence-corrected chi connectivity index (χ1v) is 10.6. The smallest absolute Gasteiger partial charge is 0.0951 e. The minimum absolute atomic E-state index is 0.191. The molecule has 2 atom stereocenters. The number of hydrogen-bond donors (Lipinski definition) is 2. The number of hydrogen-bond acceptors (Lipinski definition) is 3. The van der Waals surface area contributed by atoms with E-state index in [1.807, 2.05) is 0 Å². The second-order valence-corrected chi connectivity index (χ2v) is 7.59. The summed E-state index contributed by atoms with van der Waals surface area (Å²) in [7, 11) is 0. The highest BCUT2D eigenvalue weighted by Gasteiger charge is 2.40. The molecule has 0 aromatic heterocycles. The molecule has 3 aromatic carbocycles. The molecule has 0 aliphatic carbocycles. The standard InChI is InChI=1S/C26H30N2O/c1-2-29-25-18-19-27-20-24(25)28-26(21-12-6-3-7-13-21,22-14-8-4-9-15-22)23-16-10-5-11-17-23/h3-17,24-25,27-28H,2,18-20H2,1H3/t24-,25+/m0/s1. The Morgan fingerprint density at radius 3 is 1.76 bits per heavy atom.